The lowest BCUT2D eigenvalue weighted by molar-refractivity contribution is -0.143. The molecule has 1 saturated carbocycles. The molecular weight excluding hydrogens is 368 g/mol. The molecule has 0 saturated heterocycles. The summed E-state index contributed by atoms with van der Waals surface area (Å²) in [7, 11) is 0. The summed E-state index contributed by atoms with van der Waals surface area (Å²) in [5, 5.41) is 9.39. The number of pyridine rings is 2. The number of fused-ring (bicyclic) bond motifs is 1. The van der Waals surface area contributed by atoms with Gasteiger partial charge in [0, 0.05) is 23.4 Å². The molecule has 1 aliphatic rings. The number of hydrogen-bond acceptors (Lipinski definition) is 5. The van der Waals surface area contributed by atoms with Gasteiger partial charge in [-0.25, -0.2) is 13.8 Å². The van der Waals surface area contributed by atoms with Crippen LogP contribution in [0.2, 0.25) is 0 Å². The van der Waals surface area contributed by atoms with Crippen molar-refractivity contribution in [2.75, 3.05) is 11.5 Å². The third kappa shape index (κ3) is 2.92. The number of halogens is 2. The van der Waals surface area contributed by atoms with Gasteiger partial charge < -0.3 is 21.1 Å². The fourth-order valence-electron chi connectivity index (χ4n) is 4.01. The Kier molecular flexibility index (Phi) is 4.37. The molecule has 28 heavy (non-hydrogen) atoms. The number of nitrogens with zero attached hydrogens (tertiary/aromatic N) is 3. The number of nitrogen functional groups attached to an aromatic ring is 2. The van der Waals surface area contributed by atoms with Crippen molar-refractivity contribution in [3.63, 3.8) is 0 Å². The number of anilines is 2. The molecule has 0 spiro atoms. The molecule has 0 aromatic carbocycles. The van der Waals surface area contributed by atoms with E-state index in [0.717, 1.165) is 25.2 Å². The van der Waals surface area contributed by atoms with Crippen LogP contribution < -0.4 is 11.5 Å². The van der Waals surface area contributed by atoms with E-state index in [1.54, 1.807) is 10.8 Å². The highest BCUT2D eigenvalue weighted by atomic mass is 19.1. The SMILES string of the molecule is Nc1ncc(F)cc1-c1cn(C2CCC[C@H](C(=O)O)C2)c2c(N)c(F)cnc12. The van der Waals surface area contributed by atoms with Gasteiger partial charge in [0.05, 0.1) is 35.0 Å². The number of carboxylic acids is 1. The molecule has 5 N–H and O–H groups in total. The van der Waals surface area contributed by atoms with Crippen LogP contribution >= 0.6 is 0 Å². The Labute approximate surface area is 159 Å². The second-order valence-electron chi connectivity index (χ2n) is 7.11. The molecule has 1 fully saturated rings. The molecule has 2 atom stereocenters. The fraction of sp³-hybridized carbons (Fsp3) is 0.316. The van der Waals surface area contributed by atoms with Crippen molar-refractivity contribution in [3.05, 3.63) is 36.3 Å². The third-order valence-corrected chi connectivity index (χ3v) is 5.39. The van der Waals surface area contributed by atoms with Gasteiger partial charge in [-0.1, -0.05) is 6.42 Å². The molecule has 0 aliphatic heterocycles. The summed E-state index contributed by atoms with van der Waals surface area (Å²) in [6.07, 6.45) is 6.15. The zero-order valence-corrected chi connectivity index (χ0v) is 14.9. The van der Waals surface area contributed by atoms with Crippen LogP contribution in [0.4, 0.5) is 20.3 Å². The highest BCUT2D eigenvalue weighted by Gasteiger charge is 2.30. The Balaban J connectivity index is 1.93. The predicted octanol–water partition coefficient (Wildman–Crippen LogP) is 3.36. The Morgan fingerprint density at radius 1 is 1.18 bits per heavy atom. The van der Waals surface area contributed by atoms with E-state index in [1.165, 1.54) is 6.07 Å². The standard InChI is InChI=1S/C19H19F2N5O2/c20-10-5-12(18(23)25-6-10)13-8-26(11-3-1-2-9(4-11)19(27)28)17-15(22)14(21)7-24-16(13)17/h5-9,11H,1-4H2,(H2,22,24)(H2,23,25)(H,27,28)/t9-,11?/m0/s1. The quantitative estimate of drug-likeness (QED) is 0.634. The Morgan fingerprint density at radius 3 is 2.71 bits per heavy atom. The Hall–Kier alpha value is -3.23. The van der Waals surface area contributed by atoms with Crippen LogP contribution in [0.1, 0.15) is 31.7 Å². The van der Waals surface area contributed by atoms with Gasteiger partial charge in [-0.2, -0.15) is 0 Å². The van der Waals surface area contributed by atoms with E-state index in [2.05, 4.69) is 9.97 Å². The van der Waals surface area contributed by atoms with Crippen molar-refractivity contribution in [2.24, 2.45) is 5.92 Å². The van der Waals surface area contributed by atoms with E-state index in [1.807, 2.05) is 0 Å². The van der Waals surface area contributed by atoms with Gasteiger partial charge in [-0.15, -0.1) is 0 Å². The number of carboxylic acid groups (broad SMARTS) is 1. The maximum absolute atomic E-state index is 14.2. The van der Waals surface area contributed by atoms with Gasteiger partial charge in [0.25, 0.3) is 0 Å². The summed E-state index contributed by atoms with van der Waals surface area (Å²) in [6, 6.07) is 1.04. The summed E-state index contributed by atoms with van der Waals surface area (Å²) in [5.74, 6) is -2.46. The van der Waals surface area contributed by atoms with Crippen molar-refractivity contribution in [1.82, 2.24) is 14.5 Å². The molecule has 0 bridgehead atoms. The second-order valence-corrected chi connectivity index (χ2v) is 7.11. The molecule has 0 radical (unpaired) electrons. The van der Waals surface area contributed by atoms with E-state index >= 15 is 0 Å². The first kappa shape index (κ1) is 18.1. The molecule has 0 amide bonds. The maximum atomic E-state index is 14.2. The third-order valence-electron chi connectivity index (χ3n) is 5.39. The highest BCUT2D eigenvalue weighted by molar-refractivity contribution is 6.00. The van der Waals surface area contributed by atoms with Crippen molar-refractivity contribution in [3.8, 4) is 11.1 Å². The number of rotatable bonds is 3. The molecule has 3 aromatic rings. The van der Waals surface area contributed by atoms with Crippen LogP contribution in [0.3, 0.4) is 0 Å². The van der Waals surface area contributed by atoms with Gasteiger partial charge in [-0.3, -0.25) is 9.78 Å². The predicted molar refractivity (Wildman–Crippen MR) is 100 cm³/mol. The van der Waals surface area contributed by atoms with Gasteiger partial charge >= 0.3 is 5.97 Å². The molecule has 1 unspecified atom stereocenters. The summed E-state index contributed by atoms with van der Waals surface area (Å²) in [6.45, 7) is 0. The lowest BCUT2D eigenvalue weighted by Gasteiger charge is -2.28. The van der Waals surface area contributed by atoms with Crippen LogP contribution in [0.5, 0.6) is 0 Å². The van der Waals surface area contributed by atoms with E-state index in [4.69, 9.17) is 11.5 Å². The first-order valence-electron chi connectivity index (χ1n) is 8.95. The normalized spacial score (nSPS) is 19.8. The zero-order chi connectivity index (χ0) is 20.0. The lowest BCUT2D eigenvalue weighted by Crippen LogP contribution is -2.24. The Bertz CT molecular complexity index is 1080. The van der Waals surface area contributed by atoms with Crippen LogP contribution in [0.15, 0.2) is 24.7 Å². The smallest absolute Gasteiger partial charge is 0.306 e. The number of aliphatic carboxylic acids is 1. The number of nitrogens with two attached hydrogens (primary N) is 2. The zero-order valence-electron chi connectivity index (χ0n) is 14.9. The largest absolute Gasteiger partial charge is 0.481 e. The van der Waals surface area contributed by atoms with E-state index in [-0.39, 0.29) is 17.5 Å². The van der Waals surface area contributed by atoms with Crippen molar-refractivity contribution >= 4 is 28.5 Å². The molecular formula is C19H19F2N5O2. The van der Waals surface area contributed by atoms with Crippen molar-refractivity contribution in [1.29, 1.82) is 0 Å². The van der Waals surface area contributed by atoms with E-state index in [9.17, 15) is 18.7 Å². The molecule has 4 rings (SSSR count). The van der Waals surface area contributed by atoms with Crippen LogP contribution in [0, 0.1) is 17.6 Å². The fourth-order valence-corrected chi connectivity index (χ4v) is 4.01. The van der Waals surface area contributed by atoms with Gasteiger partial charge in [0.2, 0.25) is 0 Å². The minimum absolute atomic E-state index is 0.0865. The average Bonchev–Trinajstić information content (AvgIpc) is 3.07. The van der Waals surface area contributed by atoms with Gasteiger partial charge in [-0.05, 0) is 25.3 Å². The molecule has 1 aliphatic carbocycles. The number of carbonyl (C=O) groups is 1. The van der Waals surface area contributed by atoms with Crippen LogP contribution in [-0.2, 0) is 4.79 Å². The van der Waals surface area contributed by atoms with Crippen LogP contribution in [-0.4, -0.2) is 25.6 Å². The lowest BCUT2D eigenvalue weighted by atomic mass is 9.85. The molecule has 7 nitrogen and oxygen atoms in total. The average molecular weight is 387 g/mol. The minimum Gasteiger partial charge on any atom is -0.481 e. The van der Waals surface area contributed by atoms with Gasteiger partial charge in [0.15, 0.2) is 5.82 Å². The maximum Gasteiger partial charge on any atom is 0.306 e. The van der Waals surface area contributed by atoms with E-state index < -0.39 is 23.5 Å². The topological polar surface area (TPSA) is 120 Å². The monoisotopic (exact) mass is 387 g/mol. The summed E-state index contributed by atoms with van der Waals surface area (Å²) >= 11 is 0. The first-order valence-corrected chi connectivity index (χ1v) is 8.95. The molecule has 9 heteroatoms. The van der Waals surface area contributed by atoms with Crippen molar-refractivity contribution in [2.45, 2.75) is 31.7 Å². The Morgan fingerprint density at radius 2 is 1.96 bits per heavy atom. The molecule has 146 valence electrons. The second kappa shape index (κ2) is 6.74. The molecule has 3 heterocycles. The van der Waals surface area contributed by atoms with Crippen molar-refractivity contribution < 1.29 is 18.7 Å². The van der Waals surface area contributed by atoms with E-state index in [0.29, 0.717) is 35.0 Å². The van der Waals surface area contributed by atoms with Gasteiger partial charge in [0.1, 0.15) is 11.6 Å². The number of hydrogen-bond donors (Lipinski definition) is 3. The van der Waals surface area contributed by atoms with Crippen LogP contribution in [0.25, 0.3) is 22.2 Å². The minimum atomic E-state index is -0.850. The summed E-state index contributed by atoms with van der Waals surface area (Å²) in [4.78, 5) is 19.5. The summed E-state index contributed by atoms with van der Waals surface area (Å²) in [5.41, 5.74) is 13.4. The first-order chi connectivity index (χ1) is 13.4. The number of aromatic nitrogens is 3. The molecule has 3 aromatic heterocycles. The highest BCUT2D eigenvalue weighted by Crippen LogP contribution is 2.41. The summed E-state index contributed by atoms with van der Waals surface area (Å²) < 4.78 is 29.7.